The number of hydrogen-bond acceptors (Lipinski definition) is 3. The summed E-state index contributed by atoms with van der Waals surface area (Å²) in [7, 11) is 1.64. The number of hydrogen-bond donors (Lipinski definition) is 2. The molecule has 4 N–H and O–H groups in total. The van der Waals surface area contributed by atoms with E-state index >= 15 is 0 Å². The van der Waals surface area contributed by atoms with Crippen molar-refractivity contribution >= 4 is 40.2 Å². The average molecular weight is 351 g/mol. The maximum absolute atomic E-state index is 11.8. The van der Waals surface area contributed by atoms with Crippen LogP contribution in [0.25, 0.3) is 0 Å². The summed E-state index contributed by atoms with van der Waals surface area (Å²) in [6, 6.07) is 6.75. The molecule has 7 heteroatoms. The minimum atomic E-state index is -0.872. The zero-order valence-electron chi connectivity index (χ0n) is 10.5. The highest BCUT2D eigenvalue weighted by Crippen LogP contribution is 2.12. The number of primary amides is 1. The predicted molar refractivity (Wildman–Crippen MR) is 79.7 cm³/mol. The highest BCUT2D eigenvalue weighted by molar-refractivity contribution is 9.10. The molecule has 0 aromatic heterocycles. The van der Waals surface area contributed by atoms with Crippen LogP contribution in [0.3, 0.4) is 0 Å². The zero-order valence-corrected chi connectivity index (χ0v) is 12.9. The fourth-order valence-electron chi connectivity index (χ4n) is 1.53. The molecule has 1 aromatic carbocycles. The minimum Gasteiger partial charge on any atom is -0.370 e. The third kappa shape index (κ3) is 6.04. The van der Waals surface area contributed by atoms with E-state index in [0.717, 1.165) is 10.0 Å². The molecule has 0 aliphatic rings. The van der Waals surface area contributed by atoms with Crippen molar-refractivity contribution in [2.45, 2.75) is 19.0 Å². The van der Waals surface area contributed by atoms with Crippen LogP contribution in [0.5, 0.6) is 0 Å². The first-order valence-corrected chi connectivity index (χ1v) is 6.22. The molecule has 5 nitrogen and oxygen atoms in total. The quantitative estimate of drug-likeness (QED) is 0.831. The van der Waals surface area contributed by atoms with Crippen LogP contribution in [0.1, 0.15) is 12.0 Å². The number of nitrogens with zero attached hydrogens (tertiary/aromatic N) is 1. The molecule has 106 valence electrons. The Hall–Kier alpha value is -1.11. The summed E-state index contributed by atoms with van der Waals surface area (Å²) in [4.78, 5) is 24.0. The van der Waals surface area contributed by atoms with E-state index < -0.39 is 11.9 Å². The van der Waals surface area contributed by atoms with Crippen LogP contribution < -0.4 is 11.5 Å². The number of benzene rings is 1. The first-order valence-electron chi connectivity index (χ1n) is 5.43. The number of halogens is 2. The first-order chi connectivity index (χ1) is 8.40. The van der Waals surface area contributed by atoms with Crippen LogP contribution >= 0.6 is 28.3 Å². The van der Waals surface area contributed by atoms with E-state index in [9.17, 15) is 9.59 Å². The molecule has 1 rings (SSSR count). The molecule has 1 unspecified atom stereocenters. The van der Waals surface area contributed by atoms with Crippen LogP contribution in [0.4, 0.5) is 0 Å². The normalized spacial score (nSPS) is 11.3. The maximum atomic E-state index is 11.8. The van der Waals surface area contributed by atoms with Gasteiger partial charge in [0, 0.05) is 18.1 Å². The van der Waals surface area contributed by atoms with Crippen molar-refractivity contribution < 1.29 is 9.59 Å². The summed E-state index contributed by atoms with van der Waals surface area (Å²) >= 11 is 3.34. The second kappa shape index (κ2) is 8.14. The van der Waals surface area contributed by atoms with Crippen molar-refractivity contribution in [3.05, 3.63) is 34.3 Å². The Morgan fingerprint density at radius 3 is 2.32 bits per heavy atom. The van der Waals surface area contributed by atoms with Gasteiger partial charge >= 0.3 is 0 Å². The van der Waals surface area contributed by atoms with Gasteiger partial charge < -0.3 is 16.4 Å². The molecule has 0 saturated carbocycles. The van der Waals surface area contributed by atoms with Gasteiger partial charge in [-0.05, 0) is 17.7 Å². The molecule has 0 spiro atoms. The lowest BCUT2D eigenvalue weighted by Gasteiger charge is -2.20. The monoisotopic (exact) mass is 349 g/mol. The molecular formula is C12H17BrClN3O2. The topological polar surface area (TPSA) is 89.4 Å². The molecule has 0 fully saturated rings. The Morgan fingerprint density at radius 2 is 1.84 bits per heavy atom. The Morgan fingerprint density at radius 1 is 1.32 bits per heavy atom. The Balaban J connectivity index is 0.00000324. The maximum Gasteiger partial charge on any atom is 0.240 e. The Labute approximate surface area is 126 Å². The van der Waals surface area contributed by atoms with Gasteiger partial charge in [0.15, 0.2) is 0 Å². The van der Waals surface area contributed by atoms with E-state index in [4.69, 9.17) is 11.5 Å². The van der Waals surface area contributed by atoms with Gasteiger partial charge in [0.25, 0.3) is 0 Å². The lowest BCUT2D eigenvalue weighted by atomic mass is 10.1. The largest absolute Gasteiger partial charge is 0.370 e. The zero-order chi connectivity index (χ0) is 13.7. The van der Waals surface area contributed by atoms with Crippen molar-refractivity contribution in [3.8, 4) is 0 Å². The van der Waals surface area contributed by atoms with E-state index in [2.05, 4.69) is 15.9 Å². The SMILES string of the molecule is CN(Cc1ccc(Br)cc1)C(=O)C(N)CC(N)=O.Cl. The van der Waals surface area contributed by atoms with E-state index in [0.29, 0.717) is 6.54 Å². The fraction of sp³-hybridized carbons (Fsp3) is 0.333. The molecule has 1 atom stereocenters. The third-order valence-electron chi connectivity index (χ3n) is 2.45. The molecule has 0 bridgehead atoms. The lowest BCUT2D eigenvalue weighted by molar-refractivity contribution is -0.133. The third-order valence-corrected chi connectivity index (χ3v) is 2.98. The number of nitrogens with two attached hydrogens (primary N) is 2. The summed E-state index contributed by atoms with van der Waals surface area (Å²) in [5, 5.41) is 0. The van der Waals surface area contributed by atoms with Gasteiger partial charge in [0.1, 0.15) is 0 Å². The van der Waals surface area contributed by atoms with E-state index in [1.165, 1.54) is 4.90 Å². The Bertz CT molecular complexity index is 439. The predicted octanol–water partition coefficient (Wildman–Crippen LogP) is 1.03. The number of amides is 2. The summed E-state index contributed by atoms with van der Waals surface area (Å²) < 4.78 is 0.977. The summed E-state index contributed by atoms with van der Waals surface area (Å²) in [6.07, 6.45) is -0.135. The van der Waals surface area contributed by atoms with Crippen molar-refractivity contribution in [1.82, 2.24) is 4.90 Å². The van der Waals surface area contributed by atoms with Crippen molar-refractivity contribution in [3.63, 3.8) is 0 Å². The summed E-state index contributed by atoms with van der Waals surface area (Å²) in [5.74, 6) is -0.871. The molecule has 0 heterocycles. The van der Waals surface area contributed by atoms with Crippen LogP contribution in [-0.4, -0.2) is 29.8 Å². The van der Waals surface area contributed by atoms with Gasteiger partial charge in [-0.1, -0.05) is 28.1 Å². The molecule has 0 saturated heterocycles. The highest BCUT2D eigenvalue weighted by atomic mass is 79.9. The Kier molecular flexibility index (Phi) is 7.66. The number of carbonyl (C=O) groups is 2. The van der Waals surface area contributed by atoms with Crippen LogP contribution in [-0.2, 0) is 16.1 Å². The van der Waals surface area contributed by atoms with E-state index in [1.54, 1.807) is 7.05 Å². The number of carbonyl (C=O) groups excluding carboxylic acids is 2. The second-order valence-electron chi connectivity index (χ2n) is 4.10. The molecule has 0 aliphatic heterocycles. The van der Waals surface area contributed by atoms with Gasteiger partial charge in [-0.2, -0.15) is 0 Å². The van der Waals surface area contributed by atoms with Gasteiger partial charge in [-0.3, -0.25) is 9.59 Å². The van der Waals surface area contributed by atoms with Gasteiger partial charge in [0.05, 0.1) is 12.5 Å². The van der Waals surface area contributed by atoms with Crippen LogP contribution in [0.15, 0.2) is 28.7 Å². The van der Waals surface area contributed by atoms with Crippen molar-refractivity contribution in [2.24, 2.45) is 11.5 Å². The van der Waals surface area contributed by atoms with Gasteiger partial charge in [-0.25, -0.2) is 0 Å². The highest BCUT2D eigenvalue weighted by Gasteiger charge is 2.19. The van der Waals surface area contributed by atoms with Crippen LogP contribution in [0, 0.1) is 0 Å². The molecular weight excluding hydrogens is 334 g/mol. The first kappa shape index (κ1) is 17.9. The lowest BCUT2D eigenvalue weighted by Crippen LogP contribution is -2.43. The number of rotatable bonds is 5. The number of likely N-dealkylation sites (N-methyl/N-ethyl adjacent to an activating group) is 1. The standard InChI is InChI=1S/C12H16BrN3O2.ClH/c1-16(12(18)10(14)6-11(15)17)7-8-2-4-9(13)5-3-8;/h2-5,10H,6-7,14H2,1H3,(H2,15,17);1H. The molecule has 2 amide bonds. The molecule has 0 radical (unpaired) electrons. The van der Waals surface area contributed by atoms with Gasteiger partial charge in [-0.15, -0.1) is 12.4 Å². The van der Waals surface area contributed by atoms with Crippen LogP contribution in [0.2, 0.25) is 0 Å². The van der Waals surface area contributed by atoms with E-state index in [1.807, 2.05) is 24.3 Å². The smallest absolute Gasteiger partial charge is 0.240 e. The average Bonchev–Trinajstić information content (AvgIpc) is 2.30. The fourth-order valence-corrected chi connectivity index (χ4v) is 1.79. The van der Waals surface area contributed by atoms with Gasteiger partial charge in [0.2, 0.25) is 11.8 Å². The van der Waals surface area contributed by atoms with Crippen molar-refractivity contribution in [1.29, 1.82) is 0 Å². The van der Waals surface area contributed by atoms with Crippen molar-refractivity contribution in [2.75, 3.05) is 7.05 Å². The second-order valence-corrected chi connectivity index (χ2v) is 5.01. The molecule has 19 heavy (non-hydrogen) atoms. The molecule has 0 aliphatic carbocycles. The van der Waals surface area contributed by atoms with E-state index in [-0.39, 0.29) is 24.7 Å². The minimum absolute atomic E-state index is 0. The molecule has 1 aromatic rings. The summed E-state index contributed by atoms with van der Waals surface area (Å²) in [6.45, 7) is 0.443. The summed E-state index contributed by atoms with van der Waals surface area (Å²) in [5.41, 5.74) is 11.6.